The van der Waals surface area contributed by atoms with E-state index in [0.29, 0.717) is 0 Å². The standard InChI is InChI=1S/C5H7N.C4H6/c1-2-3-4-5-6;1-3-4-2/h3-4H,2H2,1H3;3-4H,1-2H2. The van der Waals surface area contributed by atoms with E-state index in [1.807, 2.05) is 19.1 Å². The van der Waals surface area contributed by atoms with Crippen LogP contribution in [0.4, 0.5) is 0 Å². The molecule has 0 spiro atoms. The van der Waals surface area contributed by atoms with E-state index in [9.17, 15) is 0 Å². The van der Waals surface area contributed by atoms with Gasteiger partial charge in [-0.25, -0.2) is 0 Å². The van der Waals surface area contributed by atoms with Crippen LogP contribution in [0.15, 0.2) is 37.5 Å². The number of nitriles is 1. The van der Waals surface area contributed by atoms with Gasteiger partial charge in [-0.3, -0.25) is 0 Å². The van der Waals surface area contributed by atoms with E-state index in [2.05, 4.69) is 13.2 Å². The molecular formula is C9H13N. The molecule has 0 heterocycles. The van der Waals surface area contributed by atoms with Gasteiger partial charge in [-0.2, -0.15) is 5.26 Å². The van der Waals surface area contributed by atoms with Gasteiger partial charge in [0.2, 0.25) is 0 Å². The summed E-state index contributed by atoms with van der Waals surface area (Å²) >= 11 is 0. The molecule has 0 radical (unpaired) electrons. The maximum atomic E-state index is 7.86. The van der Waals surface area contributed by atoms with Crippen LogP contribution in [0.3, 0.4) is 0 Å². The lowest BCUT2D eigenvalue weighted by Crippen LogP contribution is -1.47. The summed E-state index contributed by atoms with van der Waals surface area (Å²) in [7, 11) is 0. The van der Waals surface area contributed by atoms with Crippen molar-refractivity contribution < 1.29 is 0 Å². The normalized spacial score (nSPS) is 7.20. The van der Waals surface area contributed by atoms with Crippen LogP contribution < -0.4 is 0 Å². The number of hydrogen-bond acceptors (Lipinski definition) is 1. The molecule has 0 saturated heterocycles. The van der Waals surface area contributed by atoms with E-state index in [0.717, 1.165) is 6.42 Å². The van der Waals surface area contributed by atoms with E-state index in [1.54, 1.807) is 12.2 Å². The summed E-state index contributed by atoms with van der Waals surface area (Å²) in [4.78, 5) is 0. The van der Waals surface area contributed by atoms with Crippen LogP contribution in [-0.4, -0.2) is 0 Å². The van der Waals surface area contributed by atoms with Gasteiger partial charge in [0.1, 0.15) is 0 Å². The van der Waals surface area contributed by atoms with Gasteiger partial charge in [0.15, 0.2) is 0 Å². The van der Waals surface area contributed by atoms with Crippen LogP contribution in [-0.2, 0) is 0 Å². The first-order valence-corrected chi connectivity index (χ1v) is 3.11. The molecule has 0 aliphatic heterocycles. The Morgan fingerprint density at radius 2 is 1.90 bits per heavy atom. The summed E-state index contributed by atoms with van der Waals surface area (Å²) < 4.78 is 0. The smallest absolute Gasteiger partial charge is 0.0908 e. The number of hydrogen-bond donors (Lipinski definition) is 0. The zero-order valence-electron chi connectivity index (χ0n) is 6.38. The molecule has 0 aromatic carbocycles. The van der Waals surface area contributed by atoms with Crippen molar-refractivity contribution in [1.82, 2.24) is 0 Å². The first-order chi connectivity index (χ1) is 4.83. The van der Waals surface area contributed by atoms with Crippen LogP contribution in [0.25, 0.3) is 0 Å². The molecule has 0 N–H and O–H groups in total. The largest absolute Gasteiger partial charge is 0.193 e. The SMILES string of the molecule is C=CC=C.CCC=CC#N. The lowest BCUT2D eigenvalue weighted by atomic mass is 10.4. The summed E-state index contributed by atoms with van der Waals surface area (Å²) in [5.41, 5.74) is 0. The fraction of sp³-hybridized carbons (Fsp3) is 0.222. The minimum Gasteiger partial charge on any atom is -0.193 e. The molecule has 0 saturated carbocycles. The zero-order chi connectivity index (χ0) is 8.24. The van der Waals surface area contributed by atoms with E-state index >= 15 is 0 Å². The van der Waals surface area contributed by atoms with Crippen LogP contribution in [0, 0.1) is 11.3 Å². The van der Waals surface area contributed by atoms with Gasteiger partial charge in [0.05, 0.1) is 6.07 Å². The van der Waals surface area contributed by atoms with Gasteiger partial charge in [-0.1, -0.05) is 38.3 Å². The van der Waals surface area contributed by atoms with Crippen molar-refractivity contribution in [2.45, 2.75) is 13.3 Å². The molecule has 0 bridgehead atoms. The summed E-state index contributed by atoms with van der Waals surface area (Å²) in [5.74, 6) is 0. The van der Waals surface area contributed by atoms with Gasteiger partial charge < -0.3 is 0 Å². The molecular weight excluding hydrogens is 122 g/mol. The minimum atomic E-state index is 0.952. The molecule has 54 valence electrons. The predicted molar refractivity (Wildman–Crippen MR) is 45.4 cm³/mol. The topological polar surface area (TPSA) is 23.8 Å². The highest BCUT2D eigenvalue weighted by Gasteiger charge is 1.57. The average Bonchev–Trinajstić information content (AvgIpc) is 2.01. The van der Waals surface area contributed by atoms with Crippen molar-refractivity contribution >= 4 is 0 Å². The van der Waals surface area contributed by atoms with Crippen molar-refractivity contribution in [2.24, 2.45) is 0 Å². The third-order valence-electron chi connectivity index (χ3n) is 0.595. The first kappa shape index (κ1) is 11.5. The molecule has 0 aromatic rings. The van der Waals surface area contributed by atoms with Crippen LogP contribution in [0.2, 0.25) is 0 Å². The quantitative estimate of drug-likeness (QED) is 0.422. The molecule has 0 atom stereocenters. The summed E-state index contributed by atoms with van der Waals surface area (Å²) in [6.07, 6.45) is 7.54. The second-order valence-corrected chi connectivity index (χ2v) is 1.41. The number of allylic oxidation sites excluding steroid dienone is 4. The third kappa shape index (κ3) is 29.8. The highest BCUT2D eigenvalue weighted by molar-refractivity contribution is 5.00. The minimum absolute atomic E-state index is 0.952. The number of nitrogens with zero attached hydrogens (tertiary/aromatic N) is 1. The maximum Gasteiger partial charge on any atom is 0.0908 e. The monoisotopic (exact) mass is 135 g/mol. The van der Waals surface area contributed by atoms with Gasteiger partial charge in [-0.15, -0.1) is 0 Å². The fourth-order valence-electron chi connectivity index (χ4n) is 0.171. The Morgan fingerprint density at radius 1 is 1.40 bits per heavy atom. The fourth-order valence-corrected chi connectivity index (χ4v) is 0.171. The van der Waals surface area contributed by atoms with Crippen molar-refractivity contribution in [3.05, 3.63) is 37.5 Å². The molecule has 0 aliphatic carbocycles. The second kappa shape index (κ2) is 15.6. The van der Waals surface area contributed by atoms with Crippen molar-refractivity contribution in [1.29, 1.82) is 5.26 Å². The Bertz CT molecular complexity index is 131. The molecule has 0 unspecified atom stereocenters. The average molecular weight is 135 g/mol. The highest BCUT2D eigenvalue weighted by Crippen LogP contribution is 1.74. The van der Waals surface area contributed by atoms with Gasteiger partial charge in [-0.05, 0) is 6.42 Å². The predicted octanol–water partition coefficient (Wildman–Crippen LogP) is 2.83. The Labute approximate surface area is 63.0 Å². The number of rotatable bonds is 2. The van der Waals surface area contributed by atoms with E-state index < -0.39 is 0 Å². The van der Waals surface area contributed by atoms with Crippen molar-refractivity contribution in [2.75, 3.05) is 0 Å². The first-order valence-electron chi connectivity index (χ1n) is 3.11. The molecule has 0 fully saturated rings. The second-order valence-electron chi connectivity index (χ2n) is 1.41. The van der Waals surface area contributed by atoms with Crippen molar-refractivity contribution in [3.8, 4) is 6.07 Å². The van der Waals surface area contributed by atoms with E-state index in [1.165, 1.54) is 6.08 Å². The lowest BCUT2D eigenvalue weighted by Gasteiger charge is -1.63. The van der Waals surface area contributed by atoms with Crippen LogP contribution >= 0.6 is 0 Å². The molecule has 1 nitrogen and oxygen atoms in total. The maximum absolute atomic E-state index is 7.86. The van der Waals surface area contributed by atoms with E-state index in [-0.39, 0.29) is 0 Å². The molecule has 0 aliphatic rings. The Balaban J connectivity index is 0. The Hall–Kier alpha value is -1.29. The highest BCUT2D eigenvalue weighted by atomic mass is 14.2. The van der Waals surface area contributed by atoms with Crippen LogP contribution in [0.5, 0.6) is 0 Å². The van der Waals surface area contributed by atoms with Gasteiger partial charge in [0.25, 0.3) is 0 Å². The zero-order valence-corrected chi connectivity index (χ0v) is 6.38. The van der Waals surface area contributed by atoms with Gasteiger partial charge >= 0.3 is 0 Å². The van der Waals surface area contributed by atoms with Crippen LogP contribution in [0.1, 0.15) is 13.3 Å². The summed E-state index contributed by atoms with van der Waals surface area (Å²) in [6, 6.07) is 1.89. The molecule has 1 heteroatoms. The third-order valence-corrected chi connectivity index (χ3v) is 0.595. The summed E-state index contributed by atoms with van der Waals surface area (Å²) in [6.45, 7) is 8.72. The van der Waals surface area contributed by atoms with Gasteiger partial charge in [0, 0.05) is 6.08 Å². The Morgan fingerprint density at radius 3 is 2.00 bits per heavy atom. The van der Waals surface area contributed by atoms with Crippen molar-refractivity contribution in [3.63, 3.8) is 0 Å². The lowest BCUT2D eigenvalue weighted by molar-refractivity contribution is 1.22. The Kier molecular flexibility index (Phi) is 18.0. The molecule has 0 rings (SSSR count). The molecule has 0 aromatic heterocycles. The molecule has 0 amide bonds. The summed E-state index contributed by atoms with van der Waals surface area (Å²) in [5, 5.41) is 7.86. The molecule has 10 heavy (non-hydrogen) atoms. The van der Waals surface area contributed by atoms with E-state index in [4.69, 9.17) is 5.26 Å².